The second kappa shape index (κ2) is 12.5. The summed E-state index contributed by atoms with van der Waals surface area (Å²) in [5.74, 6) is 3.75. The number of ether oxygens (including phenoxy) is 2. The van der Waals surface area contributed by atoms with Gasteiger partial charge in [0.2, 0.25) is 0 Å². The summed E-state index contributed by atoms with van der Waals surface area (Å²) in [6.45, 7) is 1.89. The largest absolute Gasteiger partial charge is 0.493 e. The van der Waals surface area contributed by atoms with Gasteiger partial charge in [-0.05, 0) is 49.1 Å². The van der Waals surface area contributed by atoms with E-state index in [9.17, 15) is 0 Å². The monoisotopic (exact) mass is 479 g/mol. The van der Waals surface area contributed by atoms with Crippen molar-refractivity contribution in [2.24, 2.45) is 4.99 Å². The van der Waals surface area contributed by atoms with Crippen LogP contribution in [0.4, 0.5) is 0 Å². The second-order valence-electron chi connectivity index (χ2n) is 5.81. The molecule has 1 unspecified atom stereocenters. The van der Waals surface area contributed by atoms with E-state index in [1.807, 2.05) is 19.2 Å². The van der Waals surface area contributed by atoms with Gasteiger partial charge in [0.25, 0.3) is 0 Å². The average molecular weight is 479 g/mol. The van der Waals surface area contributed by atoms with E-state index in [4.69, 9.17) is 9.47 Å². The maximum absolute atomic E-state index is 5.35. The molecule has 5 nitrogen and oxygen atoms in total. The third kappa shape index (κ3) is 7.52. The van der Waals surface area contributed by atoms with Crippen LogP contribution in [0.15, 0.2) is 23.2 Å². The molecular weight excluding hydrogens is 449 g/mol. The zero-order chi connectivity index (χ0) is 17.2. The van der Waals surface area contributed by atoms with Crippen molar-refractivity contribution < 1.29 is 9.47 Å². The van der Waals surface area contributed by atoms with Crippen molar-refractivity contribution in [2.75, 3.05) is 40.1 Å². The summed E-state index contributed by atoms with van der Waals surface area (Å²) in [5.41, 5.74) is 1.25. The summed E-state index contributed by atoms with van der Waals surface area (Å²) in [6, 6.07) is 6.09. The topological polar surface area (TPSA) is 54.9 Å². The maximum atomic E-state index is 5.35. The van der Waals surface area contributed by atoms with Gasteiger partial charge in [-0.3, -0.25) is 4.99 Å². The smallest absolute Gasteiger partial charge is 0.191 e. The Labute approximate surface area is 172 Å². The fraction of sp³-hybridized carbons (Fsp3) is 0.611. The molecule has 1 aliphatic rings. The van der Waals surface area contributed by atoms with Crippen LogP contribution >= 0.6 is 35.7 Å². The molecule has 1 aromatic rings. The number of hydrogen-bond donors (Lipinski definition) is 2. The zero-order valence-corrected chi connectivity index (χ0v) is 18.5. The van der Waals surface area contributed by atoms with Gasteiger partial charge in [0, 0.05) is 25.4 Å². The highest BCUT2D eigenvalue weighted by Crippen LogP contribution is 2.28. The molecule has 0 bridgehead atoms. The van der Waals surface area contributed by atoms with Gasteiger partial charge < -0.3 is 20.1 Å². The first kappa shape index (κ1) is 22.2. The van der Waals surface area contributed by atoms with E-state index < -0.39 is 0 Å². The molecule has 1 aliphatic heterocycles. The molecule has 0 aliphatic carbocycles. The van der Waals surface area contributed by atoms with Gasteiger partial charge in [-0.2, -0.15) is 11.8 Å². The molecular formula is C18H30IN3O2S. The third-order valence-electron chi connectivity index (χ3n) is 4.13. The lowest BCUT2D eigenvalue weighted by Gasteiger charge is -2.15. The quantitative estimate of drug-likeness (QED) is 0.259. The molecule has 1 fully saturated rings. The second-order valence-corrected chi connectivity index (χ2v) is 7.22. The van der Waals surface area contributed by atoms with Crippen LogP contribution in [0.5, 0.6) is 11.5 Å². The Bertz CT molecular complexity index is 537. The van der Waals surface area contributed by atoms with Crippen LogP contribution in [-0.4, -0.2) is 51.3 Å². The van der Waals surface area contributed by atoms with Gasteiger partial charge >= 0.3 is 0 Å². The number of rotatable bonds is 8. The summed E-state index contributed by atoms with van der Waals surface area (Å²) in [5, 5.41) is 7.55. The molecule has 0 radical (unpaired) electrons. The van der Waals surface area contributed by atoms with Crippen molar-refractivity contribution in [3.8, 4) is 11.5 Å². The lowest BCUT2D eigenvalue weighted by atomic mass is 10.1. The summed E-state index contributed by atoms with van der Waals surface area (Å²) < 4.78 is 10.6. The van der Waals surface area contributed by atoms with E-state index in [1.54, 1.807) is 14.2 Å². The van der Waals surface area contributed by atoms with Crippen LogP contribution in [0.3, 0.4) is 0 Å². The zero-order valence-electron chi connectivity index (χ0n) is 15.3. The van der Waals surface area contributed by atoms with Gasteiger partial charge in [-0.15, -0.1) is 24.0 Å². The van der Waals surface area contributed by atoms with Crippen LogP contribution in [0.1, 0.15) is 24.8 Å². The number of aryl methyl sites for hydroxylation is 1. The Balaban J connectivity index is 0.00000312. The van der Waals surface area contributed by atoms with E-state index in [0.717, 1.165) is 48.6 Å². The molecule has 1 saturated heterocycles. The minimum Gasteiger partial charge on any atom is -0.493 e. The van der Waals surface area contributed by atoms with Gasteiger partial charge in [0.05, 0.1) is 14.2 Å². The Kier molecular flexibility index (Phi) is 11.1. The first-order valence-electron chi connectivity index (χ1n) is 8.54. The number of thioether (sulfide) groups is 1. The highest BCUT2D eigenvalue weighted by molar-refractivity contribution is 14.0. The molecule has 2 N–H and O–H groups in total. The molecule has 0 aromatic heterocycles. The average Bonchev–Trinajstić information content (AvgIpc) is 3.14. The van der Waals surface area contributed by atoms with Gasteiger partial charge in [0.15, 0.2) is 17.5 Å². The molecule has 1 atom stereocenters. The van der Waals surface area contributed by atoms with Crippen molar-refractivity contribution in [3.63, 3.8) is 0 Å². The Hall–Kier alpha value is -0.830. The Morgan fingerprint density at radius 1 is 1.24 bits per heavy atom. The van der Waals surface area contributed by atoms with Crippen LogP contribution < -0.4 is 20.1 Å². The summed E-state index contributed by atoms with van der Waals surface area (Å²) in [7, 11) is 5.15. The lowest BCUT2D eigenvalue weighted by Crippen LogP contribution is -2.40. The third-order valence-corrected chi connectivity index (χ3v) is 5.53. The molecule has 25 heavy (non-hydrogen) atoms. The van der Waals surface area contributed by atoms with Crippen LogP contribution in [-0.2, 0) is 6.42 Å². The van der Waals surface area contributed by atoms with Gasteiger partial charge in [-0.1, -0.05) is 6.07 Å². The SMILES string of the molecule is CN=C(NCCCc1ccc(OC)c(OC)c1)NCC1CCCS1.I. The van der Waals surface area contributed by atoms with E-state index >= 15 is 0 Å². The van der Waals surface area contributed by atoms with Crippen molar-refractivity contribution in [1.29, 1.82) is 0 Å². The van der Waals surface area contributed by atoms with Crippen LogP contribution in [0.2, 0.25) is 0 Å². The van der Waals surface area contributed by atoms with E-state index in [-0.39, 0.29) is 24.0 Å². The minimum absolute atomic E-state index is 0. The van der Waals surface area contributed by atoms with Crippen molar-refractivity contribution in [1.82, 2.24) is 10.6 Å². The first-order chi connectivity index (χ1) is 11.8. The standard InChI is InChI=1S/C18H29N3O2S.HI/c1-19-18(21-13-15-7-5-11-24-15)20-10-4-6-14-8-9-16(22-2)17(12-14)23-3;/h8-9,12,15H,4-7,10-11,13H2,1-3H3,(H2,19,20,21);1H. The fourth-order valence-corrected chi connectivity index (χ4v) is 3.97. The number of methoxy groups -OCH3 is 2. The predicted molar refractivity (Wildman–Crippen MR) is 118 cm³/mol. The number of guanidine groups is 1. The highest BCUT2D eigenvalue weighted by atomic mass is 127. The number of hydrogen-bond acceptors (Lipinski definition) is 4. The molecule has 2 rings (SSSR count). The molecule has 7 heteroatoms. The molecule has 0 saturated carbocycles. The normalized spacial score (nSPS) is 16.9. The van der Waals surface area contributed by atoms with E-state index in [1.165, 1.54) is 24.2 Å². The predicted octanol–water partition coefficient (Wildman–Crippen LogP) is 3.32. The summed E-state index contributed by atoms with van der Waals surface area (Å²) >= 11 is 2.06. The molecule has 0 amide bonds. The lowest BCUT2D eigenvalue weighted by molar-refractivity contribution is 0.354. The highest BCUT2D eigenvalue weighted by Gasteiger charge is 2.15. The van der Waals surface area contributed by atoms with E-state index in [0.29, 0.717) is 0 Å². The molecule has 1 aromatic carbocycles. The van der Waals surface area contributed by atoms with Crippen molar-refractivity contribution in [2.45, 2.75) is 30.9 Å². The Morgan fingerprint density at radius 3 is 2.68 bits per heavy atom. The van der Waals surface area contributed by atoms with Crippen LogP contribution in [0.25, 0.3) is 0 Å². The Morgan fingerprint density at radius 2 is 2.04 bits per heavy atom. The van der Waals surface area contributed by atoms with Gasteiger partial charge in [0.1, 0.15) is 0 Å². The minimum atomic E-state index is 0. The number of halogens is 1. The van der Waals surface area contributed by atoms with E-state index in [2.05, 4.69) is 33.5 Å². The number of aliphatic imine (C=N–C) groups is 1. The van der Waals surface area contributed by atoms with Gasteiger partial charge in [-0.25, -0.2) is 0 Å². The van der Waals surface area contributed by atoms with Crippen molar-refractivity contribution >= 4 is 41.7 Å². The van der Waals surface area contributed by atoms with Crippen molar-refractivity contribution in [3.05, 3.63) is 23.8 Å². The molecule has 1 heterocycles. The summed E-state index contributed by atoms with van der Waals surface area (Å²) in [6.07, 6.45) is 4.68. The number of benzene rings is 1. The van der Waals surface area contributed by atoms with Crippen LogP contribution in [0, 0.1) is 0 Å². The number of nitrogens with zero attached hydrogens (tertiary/aromatic N) is 1. The maximum Gasteiger partial charge on any atom is 0.191 e. The summed E-state index contributed by atoms with van der Waals surface area (Å²) in [4.78, 5) is 4.29. The fourth-order valence-electron chi connectivity index (χ4n) is 2.77. The molecule has 142 valence electrons. The molecule has 0 spiro atoms. The first-order valence-corrected chi connectivity index (χ1v) is 9.58. The number of nitrogens with one attached hydrogen (secondary N) is 2.